The van der Waals surface area contributed by atoms with Gasteiger partial charge < -0.3 is 10.6 Å². The molecule has 2 heterocycles. The summed E-state index contributed by atoms with van der Waals surface area (Å²) in [7, 11) is 0. The summed E-state index contributed by atoms with van der Waals surface area (Å²) in [6.45, 7) is 5.10. The second kappa shape index (κ2) is 9.14. The average molecular weight is 430 g/mol. The molecule has 0 aliphatic carbocycles. The predicted molar refractivity (Wildman–Crippen MR) is 119 cm³/mol. The van der Waals surface area contributed by atoms with E-state index in [4.69, 9.17) is 0 Å². The first kappa shape index (κ1) is 22.2. The summed E-state index contributed by atoms with van der Waals surface area (Å²) in [6.07, 6.45) is 2.86. The summed E-state index contributed by atoms with van der Waals surface area (Å²) in [5.74, 6) is -0.576. The van der Waals surface area contributed by atoms with Crippen LogP contribution in [0.3, 0.4) is 0 Å². The van der Waals surface area contributed by atoms with Crippen molar-refractivity contribution in [2.24, 2.45) is 5.41 Å². The normalized spacial score (nSPS) is 17.6. The van der Waals surface area contributed by atoms with Gasteiger partial charge in [0.25, 0.3) is 11.8 Å². The van der Waals surface area contributed by atoms with Gasteiger partial charge in [0.15, 0.2) is 0 Å². The van der Waals surface area contributed by atoms with Crippen molar-refractivity contribution in [1.82, 2.24) is 15.5 Å². The van der Waals surface area contributed by atoms with Crippen molar-refractivity contribution in [3.05, 3.63) is 47.5 Å². The average Bonchev–Trinajstić information content (AvgIpc) is 2.73. The number of carbonyl (C=O) groups is 3. The molecule has 0 atom stereocenters. The SMILES string of the molecule is CC1(CNC(=O)CCCN2C(=O)c3cccc4cccc(c34)C2=O)CCNCC1.Cl. The zero-order valence-corrected chi connectivity index (χ0v) is 18.0. The fraction of sp³-hybridized carbons (Fsp3) is 0.435. The van der Waals surface area contributed by atoms with Gasteiger partial charge in [0.1, 0.15) is 0 Å². The van der Waals surface area contributed by atoms with Crippen molar-refractivity contribution in [2.45, 2.75) is 32.6 Å². The Morgan fingerprint density at radius 2 is 1.67 bits per heavy atom. The number of nitrogens with zero attached hydrogens (tertiary/aromatic N) is 1. The van der Waals surface area contributed by atoms with Crippen LogP contribution in [0.15, 0.2) is 36.4 Å². The molecule has 2 aliphatic heterocycles. The van der Waals surface area contributed by atoms with Crippen LogP contribution >= 0.6 is 12.4 Å². The molecule has 6 nitrogen and oxygen atoms in total. The molecule has 1 saturated heterocycles. The number of benzene rings is 2. The van der Waals surface area contributed by atoms with Crippen molar-refractivity contribution in [3.63, 3.8) is 0 Å². The Morgan fingerprint density at radius 1 is 1.07 bits per heavy atom. The van der Waals surface area contributed by atoms with E-state index in [0.29, 0.717) is 30.5 Å². The van der Waals surface area contributed by atoms with Crippen molar-refractivity contribution < 1.29 is 14.4 Å². The maximum absolute atomic E-state index is 12.9. The van der Waals surface area contributed by atoms with E-state index < -0.39 is 0 Å². The van der Waals surface area contributed by atoms with Gasteiger partial charge in [-0.15, -0.1) is 12.4 Å². The van der Waals surface area contributed by atoms with Gasteiger partial charge >= 0.3 is 0 Å². The lowest BCUT2D eigenvalue weighted by atomic mass is 9.81. The third-order valence-electron chi connectivity index (χ3n) is 6.16. The van der Waals surface area contributed by atoms with Crippen molar-refractivity contribution in [1.29, 1.82) is 0 Å². The Balaban J connectivity index is 0.00000256. The molecular weight excluding hydrogens is 402 g/mol. The van der Waals surface area contributed by atoms with Gasteiger partial charge in [-0.3, -0.25) is 19.3 Å². The highest BCUT2D eigenvalue weighted by Gasteiger charge is 2.32. The Bertz CT molecular complexity index is 919. The fourth-order valence-corrected chi connectivity index (χ4v) is 4.29. The second-order valence-electron chi connectivity index (χ2n) is 8.41. The van der Waals surface area contributed by atoms with Gasteiger partial charge in [-0.25, -0.2) is 0 Å². The van der Waals surface area contributed by atoms with Crippen molar-refractivity contribution in [2.75, 3.05) is 26.2 Å². The van der Waals surface area contributed by atoms with Gasteiger partial charge in [0, 0.05) is 36.0 Å². The summed E-state index contributed by atoms with van der Waals surface area (Å²) in [6, 6.07) is 11.0. The first-order chi connectivity index (χ1) is 14.0. The van der Waals surface area contributed by atoms with Crippen LogP contribution in [0.1, 0.15) is 53.3 Å². The molecule has 3 amide bonds. The minimum atomic E-state index is -0.276. The van der Waals surface area contributed by atoms with Crippen LogP contribution in [0.25, 0.3) is 10.8 Å². The molecule has 160 valence electrons. The molecule has 0 aromatic heterocycles. The lowest BCUT2D eigenvalue weighted by Crippen LogP contribution is -2.43. The molecule has 7 heteroatoms. The summed E-state index contributed by atoms with van der Waals surface area (Å²) < 4.78 is 0. The van der Waals surface area contributed by atoms with Gasteiger partial charge in [0.05, 0.1) is 0 Å². The highest BCUT2D eigenvalue weighted by atomic mass is 35.5. The number of halogens is 1. The summed E-state index contributed by atoms with van der Waals surface area (Å²) in [4.78, 5) is 39.3. The lowest BCUT2D eigenvalue weighted by molar-refractivity contribution is -0.121. The Hall–Kier alpha value is -2.44. The maximum atomic E-state index is 12.9. The van der Waals surface area contributed by atoms with Crippen LogP contribution in [0, 0.1) is 5.41 Å². The molecule has 30 heavy (non-hydrogen) atoms. The van der Waals surface area contributed by atoms with Crippen LogP contribution in [0.5, 0.6) is 0 Å². The number of nitrogens with one attached hydrogen (secondary N) is 2. The van der Waals surface area contributed by atoms with Gasteiger partial charge in [-0.2, -0.15) is 0 Å². The topological polar surface area (TPSA) is 78.5 Å². The van der Waals surface area contributed by atoms with Gasteiger partial charge in [-0.05, 0) is 55.3 Å². The van der Waals surface area contributed by atoms with E-state index in [9.17, 15) is 14.4 Å². The summed E-state index contributed by atoms with van der Waals surface area (Å²) in [5, 5.41) is 7.99. The Kier molecular flexibility index (Phi) is 6.78. The minimum Gasteiger partial charge on any atom is -0.356 e. The third kappa shape index (κ3) is 4.35. The van der Waals surface area contributed by atoms with E-state index in [1.165, 1.54) is 4.90 Å². The van der Waals surface area contributed by atoms with E-state index in [1.54, 1.807) is 12.1 Å². The van der Waals surface area contributed by atoms with Crippen LogP contribution in [-0.2, 0) is 4.79 Å². The van der Waals surface area contributed by atoms with E-state index in [2.05, 4.69) is 17.6 Å². The predicted octanol–water partition coefficient (Wildman–Crippen LogP) is 3.14. The third-order valence-corrected chi connectivity index (χ3v) is 6.16. The number of carbonyl (C=O) groups excluding carboxylic acids is 3. The molecule has 2 aliphatic rings. The first-order valence-electron chi connectivity index (χ1n) is 10.3. The molecular formula is C23H28ClN3O3. The number of rotatable bonds is 6. The molecule has 0 spiro atoms. The first-order valence-corrected chi connectivity index (χ1v) is 10.3. The van der Waals surface area contributed by atoms with E-state index in [1.807, 2.05) is 24.3 Å². The van der Waals surface area contributed by atoms with Gasteiger partial charge in [-0.1, -0.05) is 31.2 Å². The molecule has 0 unspecified atom stereocenters. The quantitative estimate of drug-likeness (QED) is 0.691. The molecule has 0 bridgehead atoms. The molecule has 2 aromatic rings. The Labute approximate surface area is 182 Å². The molecule has 0 radical (unpaired) electrons. The number of hydrogen-bond acceptors (Lipinski definition) is 4. The maximum Gasteiger partial charge on any atom is 0.261 e. The van der Waals surface area contributed by atoms with Gasteiger partial charge in [0.2, 0.25) is 5.91 Å². The van der Waals surface area contributed by atoms with Crippen molar-refractivity contribution >= 4 is 40.9 Å². The van der Waals surface area contributed by atoms with E-state index in [-0.39, 0.29) is 42.1 Å². The molecule has 0 saturated carbocycles. The number of piperidine rings is 1. The number of amides is 3. The second-order valence-corrected chi connectivity index (χ2v) is 8.41. The lowest BCUT2D eigenvalue weighted by Gasteiger charge is -2.34. The highest BCUT2D eigenvalue weighted by molar-refractivity contribution is 6.25. The molecule has 4 rings (SSSR count). The monoisotopic (exact) mass is 429 g/mol. The van der Waals surface area contributed by atoms with Crippen LogP contribution in [0.4, 0.5) is 0 Å². The fourth-order valence-electron chi connectivity index (χ4n) is 4.29. The molecule has 2 aromatic carbocycles. The minimum absolute atomic E-state index is 0. The van der Waals surface area contributed by atoms with Crippen LogP contribution < -0.4 is 10.6 Å². The summed E-state index contributed by atoms with van der Waals surface area (Å²) >= 11 is 0. The van der Waals surface area contributed by atoms with E-state index >= 15 is 0 Å². The van der Waals surface area contributed by atoms with Crippen LogP contribution in [-0.4, -0.2) is 48.8 Å². The number of imide groups is 1. The molecule has 2 N–H and O–H groups in total. The van der Waals surface area contributed by atoms with Crippen molar-refractivity contribution in [3.8, 4) is 0 Å². The largest absolute Gasteiger partial charge is 0.356 e. The smallest absolute Gasteiger partial charge is 0.261 e. The highest BCUT2D eigenvalue weighted by Crippen LogP contribution is 2.30. The van der Waals surface area contributed by atoms with E-state index in [0.717, 1.165) is 36.7 Å². The zero-order valence-electron chi connectivity index (χ0n) is 17.2. The summed E-state index contributed by atoms with van der Waals surface area (Å²) in [5.41, 5.74) is 1.25. The number of hydrogen-bond donors (Lipinski definition) is 2. The molecule has 1 fully saturated rings. The Morgan fingerprint density at radius 3 is 2.27 bits per heavy atom. The standard InChI is InChI=1S/C23H27N3O3.ClH/c1-23(10-12-24-13-11-23)15-25-19(27)9-4-14-26-21(28)17-7-2-5-16-6-3-8-18(20(16)17)22(26)29;/h2-3,5-8,24H,4,9-15H2,1H3,(H,25,27);1H. The zero-order chi connectivity index (χ0) is 20.4. The van der Waals surface area contributed by atoms with Crippen LogP contribution in [0.2, 0.25) is 0 Å².